The lowest BCUT2D eigenvalue weighted by Crippen LogP contribution is -2.46. The molecule has 0 rings (SSSR count). The van der Waals surface area contributed by atoms with E-state index in [1.807, 2.05) is 0 Å². The Bertz CT molecular complexity index is 252. The van der Waals surface area contributed by atoms with Crippen LogP contribution in [0.2, 0.25) is 0 Å². The fourth-order valence-electron chi connectivity index (χ4n) is 2.18. The first-order valence-corrected chi connectivity index (χ1v) is 9.24. The predicted octanol–water partition coefficient (Wildman–Crippen LogP) is 1.55. The Morgan fingerprint density at radius 1 is 0.708 bits per heavy atom. The second-order valence-electron chi connectivity index (χ2n) is 6.19. The Balaban J connectivity index is 0. The van der Waals surface area contributed by atoms with Crippen LogP contribution in [0.1, 0.15) is 78.1 Å². The minimum atomic E-state index is -1.79. The van der Waals surface area contributed by atoms with Gasteiger partial charge in [-0.3, -0.25) is 0 Å². The summed E-state index contributed by atoms with van der Waals surface area (Å²) in [6, 6.07) is 0. The van der Waals surface area contributed by atoms with Crippen LogP contribution in [0.5, 0.6) is 0 Å². The Labute approximate surface area is 146 Å². The molecular formula is C18H38O6. The van der Waals surface area contributed by atoms with Crippen LogP contribution in [0, 0.1) is 0 Å². The maximum absolute atomic E-state index is 9.90. The molecule has 5 N–H and O–H groups in total. The molecule has 0 spiro atoms. The van der Waals surface area contributed by atoms with Gasteiger partial charge in [0, 0.05) is 0 Å². The SMILES string of the molecule is CCCCCCCCCCCC.O=C[C@H](O)[C@@H](O)[C@H](O)[C@H](O)CO. The van der Waals surface area contributed by atoms with Gasteiger partial charge in [0.25, 0.3) is 0 Å². The summed E-state index contributed by atoms with van der Waals surface area (Å²) in [4.78, 5) is 9.90. The number of hydrogen-bond acceptors (Lipinski definition) is 6. The standard InChI is InChI=1S/C12H26.C6H12O6/c1-3-5-7-9-11-12-10-8-6-4-2;7-1-3(9)5(11)6(12)4(10)2-8/h3-12H2,1-2H3;1,3-6,8-12H,2H2/t;3-,4+,5+,6+/m.0/s1. The lowest BCUT2D eigenvalue weighted by molar-refractivity contribution is -0.136. The van der Waals surface area contributed by atoms with E-state index in [9.17, 15) is 4.79 Å². The first-order valence-electron chi connectivity index (χ1n) is 9.24. The molecule has 146 valence electrons. The second-order valence-corrected chi connectivity index (χ2v) is 6.19. The van der Waals surface area contributed by atoms with E-state index in [4.69, 9.17) is 25.5 Å². The molecule has 0 saturated carbocycles. The van der Waals surface area contributed by atoms with E-state index in [0.29, 0.717) is 0 Å². The van der Waals surface area contributed by atoms with Crippen LogP contribution in [-0.2, 0) is 4.79 Å². The van der Waals surface area contributed by atoms with Crippen LogP contribution < -0.4 is 0 Å². The maximum atomic E-state index is 9.90. The van der Waals surface area contributed by atoms with Crippen molar-refractivity contribution in [3.63, 3.8) is 0 Å². The molecule has 24 heavy (non-hydrogen) atoms. The van der Waals surface area contributed by atoms with Crippen molar-refractivity contribution in [3.05, 3.63) is 0 Å². The lowest BCUT2D eigenvalue weighted by Gasteiger charge is -2.22. The molecule has 0 unspecified atom stereocenters. The molecule has 6 heteroatoms. The molecule has 0 amide bonds. The van der Waals surface area contributed by atoms with Gasteiger partial charge in [-0.05, 0) is 0 Å². The third-order valence-electron chi connectivity index (χ3n) is 3.88. The fourth-order valence-corrected chi connectivity index (χ4v) is 2.18. The van der Waals surface area contributed by atoms with Crippen LogP contribution in [0.25, 0.3) is 0 Å². The monoisotopic (exact) mass is 350 g/mol. The molecule has 0 bridgehead atoms. The summed E-state index contributed by atoms with van der Waals surface area (Å²) in [7, 11) is 0. The number of carbonyl (C=O) groups is 1. The van der Waals surface area contributed by atoms with Gasteiger partial charge in [0.05, 0.1) is 6.61 Å². The van der Waals surface area contributed by atoms with Crippen molar-refractivity contribution in [2.24, 2.45) is 0 Å². The van der Waals surface area contributed by atoms with Crippen molar-refractivity contribution in [2.45, 2.75) is 102 Å². The van der Waals surface area contributed by atoms with Gasteiger partial charge in [-0.15, -0.1) is 0 Å². The van der Waals surface area contributed by atoms with Crippen molar-refractivity contribution >= 4 is 6.29 Å². The highest BCUT2D eigenvalue weighted by molar-refractivity contribution is 5.56. The summed E-state index contributed by atoms with van der Waals surface area (Å²) in [6.07, 6.45) is 7.60. The zero-order valence-electron chi connectivity index (χ0n) is 15.3. The smallest absolute Gasteiger partial charge is 0.151 e. The molecule has 6 nitrogen and oxygen atoms in total. The molecule has 0 aromatic carbocycles. The van der Waals surface area contributed by atoms with Gasteiger partial charge in [-0.2, -0.15) is 0 Å². The first-order chi connectivity index (χ1) is 11.5. The normalized spacial score (nSPS) is 15.8. The molecule has 0 saturated heterocycles. The number of aliphatic hydroxyl groups excluding tert-OH is 5. The molecule has 0 aromatic rings. The van der Waals surface area contributed by atoms with E-state index in [0.717, 1.165) is 0 Å². The topological polar surface area (TPSA) is 118 Å². The summed E-state index contributed by atoms with van der Waals surface area (Å²) in [5, 5.41) is 43.5. The molecule has 4 atom stereocenters. The van der Waals surface area contributed by atoms with Crippen molar-refractivity contribution in [1.29, 1.82) is 0 Å². The first kappa shape index (κ1) is 25.7. The number of carbonyl (C=O) groups excluding carboxylic acids is 1. The van der Waals surface area contributed by atoms with Crippen LogP contribution in [0.3, 0.4) is 0 Å². The fraction of sp³-hybridized carbons (Fsp3) is 0.944. The molecule has 0 aliphatic carbocycles. The number of rotatable bonds is 14. The van der Waals surface area contributed by atoms with Gasteiger partial charge in [0.1, 0.15) is 24.4 Å². The molecular weight excluding hydrogens is 312 g/mol. The number of hydrogen-bond donors (Lipinski definition) is 5. The Morgan fingerprint density at radius 3 is 1.38 bits per heavy atom. The van der Waals surface area contributed by atoms with E-state index in [1.165, 1.54) is 64.2 Å². The largest absolute Gasteiger partial charge is 0.394 e. The minimum absolute atomic E-state index is 0.0258. The highest BCUT2D eigenvalue weighted by atomic mass is 16.4. The van der Waals surface area contributed by atoms with Crippen LogP contribution in [0.15, 0.2) is 0 Å². The van der Waals surface area contributed by atoms with Crippen LogP contribution >= 0.6 is 0 Å². The zero-order valence-corrected chi connectivity index (χ0v) is 15.3. The molecule has 0 radical (unpaired) electrons. The number of aldehydes is 1. The average Bonchev–Trinajstić information content (AvgIpc) is 2.61. The summed E-state index contributed by atoms with van der Waals surface area (Å²) < 4.78 is 0. The summed E-state index contributed by atoms with van der Waals surface area (Å²) in [5.74, 6) is 0. The average molecular weight is 350 g/mol. The van der Waals surface area contributed by atoms with Gasteiger partial charge >= 0.3 is 0 Å². The number of aliphatic hydroxyl groups is 5. The maximum Gasteiger partial charge on any atom is 0.151 e. The number of unbranched alkanes of at least 4 members (excludes halogenated alkanes) is 9. The molecule has 0 aromatic heterocycles. The van der Waals surface area contributed by atoms with E-state index in [-0.39, 0.29) is 6.29 Å². The van der Waals surface area contributed by atoms with E-state index < -0.39 is 31.0 Å². The highest BCUT2D eigenvalue weighted by Gasteiger charge is 2.29. The van der Waals surface area contributed by atoms with E-state index in [2.05, 4.69) is 13.8 Å². The second kappa shape index (κ2) is 18.8. The molecule has 0 fully saturated rings. The van der Waals surface area contributed by atoms with Crippen molar-refractivity contribution in [3.8, 4) is 0 Å². The quantitative estimate of drug-likeness (QED) is 0.240. The van der Waals surface area contributed by atoms with Gasteiger partial charge in [0.15, 0.2) is 6.29 Å². The van der Waals surface area contributed by atoms with Gasteiger partial charge in [-0.25, -0.2) is 0 Å². The van der Waals surface area contributed by atoms with E-state index >= 15 is 0 Å². The Kier molecular flexibility index (Phi) is 20.1. The Hall–Kier alpha value is -0.530. The van der Waals surface area contributed by atoms with Crippen molar-refractivity contribution in [1.82, 2.24) is 0 Å². The van der Waals surface area contributed by atoms with Gasteiger partial charge in [-0.1, -0.05) is 78.1 Å². The highest BCUT2D eigenvalue weighted by Crippen LogP contribution is 2.09. The predicted molar refractivity (Wildman–Crippen MR) is 94.7 cm³/mol. The molecule has 0 aliphatic rings. The van der Waals surface area contributed by atoms with Gasteiger partial charge < -0.3 is 30.3 Å². The summed E-state index contributed by atoms with van der Waals surface area (Å²) >= 11 is 0. The van der Waals surface area contributed by atoms with Crippen molar-refractivity contribution < 1.29 is 30.3 Å². The van der Waals surface area contributed by atoms with E-state index in [1.54, 1.807) is 0 Å². The molecule has 0 heterocycles. The minimum Gasteiger partial charge on any atom is -0.394 e. The lowest BCUT2D eigenvalue weighted by atomic mass is 10.0. The third kappa shape index (κ3) is 15.0. The van der Waals surface area contributed by atoms with Gasteiger partial charge in [0.2, 0.25) is 0 Å². The zero-order chi connectivity index (χ0) is 18.8. The van der Waals surface area contributed by atoms with Crippen LogP contribution in [-0.4, -0.2) is 62.8 Å². The van der Waals surface area contributed by atoms with Crippen LogP contribution in [0.4, 0.5) is 0 Å². The summed E-state index contributed by atoms with van der Waals surface area (Å²) in [5.41, 5.74) is 0. The molecule has 0 aliphatic heterocycles. The summed E-state index contributed by atoms with van der Waals surface area (Å²) in [6.45, 7) is 3.80. The van der Waals surface area contributed by atoms with Crippen molar-refractivity contribution in [2.75, 3.05) is 6.61 Å². The Morgan fingerprint density at radius 2 is 1.08 bits per heavy atom. The third-order valence-corrected chi connectivity index (χ3v) is 3.88.